The van der Waals surface area contributed by atoms with E-state index in [4.69, 9.17) is 10.5 Å². The zero-order chi connectivity index (χ0) is 9.10. The lowest BCUT2D eigenvalue weighted by atomic mass is 10.5. The molecule has 0 spiro atoms. The van der Waals surface area contributed by atoms with Gasteiger partial charge < -0.3 is 15.5 Å². The molecular weight excluding hydrogens is 168 g/mol. The SMILES string of the molecule is Nc1cncnc1Oc1cc[nH]c1. The molecule has 0 amide bonds. The Morgan fingerprint density at radius 3 is 3.08 bits per heavy atom. The molecule has 0 unspecified atom stereocenters. The average molecular weight is 176 g/mol. The lowest BCUT2D eigenvalue weighted by Crippen LogP contribution is -1.94. The number of aromatic amines is 1. The molecule has 66 valence electrons. The van der Waals surface area contributed by atoms with Crippen LogP contribution in [0.1, 0.15) is 0 Å². The number of rotatable bonds is 2. The van der Waals surface area contributed by atoms with Crippen LogP contribution in [0.15, 0.2) is 31.0 Å². The molecule has 0 atom stereocenters. The second kappa shape index (κ2) is 3.14. The Balaban J connectivity index is 2.24. The van der Waals surface area contributed by atoms with E-state index in [2.05, 4.69) is 15.0 Å². The van der Waals surface area contributed by atoms with E-state index < -0.39 is 0 Å². The Kier molecular flexibility index (Phi) is 1.84. The van der Waals surface area contributed by atoms with Crippen LogP contribution in [0, 0.1) is 0 Å². The van der Waals surface area contributed by atoms with Crippen LogP contribution in [0.25, 0.3) is 0 Å². The van der Waals surface area contributed by atoms with Crippen LogP contribution in [-0.4, -0.2) is 15.0 Å². The number of H-pyrrole nitrogens is 1. The number of ether oxygens (including phenoxy) is 1. The van der Waals surface area contributed by atoms with Gasteiger partial charge in [-0.3, -0.25) is 0 Å². The van der Waals surface area contributed by atoms with Crippen LogP contribution >= 0.6 is 0 Å². The molecule has 0 aliphatic heterocycles. The quantitative estimate of drug-likeness (QED) is 0.720. The van der Waals surface area contributed by atoms with Crippen molar-refractivity contribution in [2.75, 3.05) is 5.73 Å². The highest BCUT2D eigenvalue weighted by molar-refractivity contribution is 5.46. The molecule has 2 rings (SSSR count). The highest BCUT2D eigenvalue weighted by atomic mass is 16.5. The number of anilines is 1. The highest BCUT2D eigenvalue weighted by Crippen LogP contribution is 2.22. The van der Waals surface area contributed by atoms with Crippen molar-refractivity contribution in [1.29, 1.82) is 0 Å². The van der Waals surface area contributed by atoms with Crippen LogP contribution in [0.4, 0.5) is 5.69 Å². The van der Waals surface area contributed by atoms with Gasteiger partial charge in [0.05, 0.1) is 6.20 Å². The molecule has 0 aliphatic rings. The van der Waals surface area contributed by atoms with Crippen molar-refractivity contribution < 1.29 is 4.74 Å². The third-order valence-electron chi connectivity index (χ3n) is 1.49. The molecule has 0 aromatic carbocycles. The van der Waals surface area contributed by atoms with Crippen molar-refractivity contribution in [3.05, 3.63) is 31.0 Å². The first-order valence-electron chi connectivity index (χ1n) is 3.72. The fourth-order valence-corrected chi connectivity index (χ4v) is 0.898. The summed E-state index contributed by atoms with van der Waals surface area (Å²) in [4.78, 5) is 10.5. The van der Waals surface area contributed by atoms with Crippen LogP contribution in [0.3, 0.4) is 0 Å². The first-order chi connectivity index (χ1) is 6.36. The Morgan fingerprint density at radius 1 is 1.46 bits per heavy atom. The van der Waals surface area contributed by atoms with E-state index in [-0.39, 0.29) is 0 Å². The summed E-state index contributed by atoms with van der Waals surface area (Å²) in [5, 5.41) is 0. The third-order valence-corrected chi connectivity index (χ3v) is 1.49. The summed E-state index contributed by atoms with van der Waals surface area (Å²) >= 11 is 0. The van der Waals surface area contributed by atoms with E-state index >= 15 is 0 Å². The molecule has 0 radical (unpaired) electrons. The average Bonchev–Trinajstić information content (AvgIpc) is 2.61. The molecule has 5 heteroatoms. The van der Waals surface area contributed by atoms with Gasteiger partial charge in [-0.15, -0.1) is 0 Å². The number of nitrogen functional groups attached to an aromatic ring is 1. The van der Waals surface area contributed by atoms with Gasteiger partial charge in [-0.2, -0.15) is 4.98 Å². The van der Waals surface area contributed by atoms with E-state index in [1.54, 1.807) is 18.5 Å². The number of hydrogen-bond acceptors (Lipinski definition) is 4. The molecule has 13 heavy (non-hydrogen) atoms. The second-order valence-electron chi connectivity index (χ2n) is 2.43. The topological polar surface area (TPSA) is 76.8 Å². The van der Waals surface area contributed by atoms with E-state index in [0.717, 1.165) is 0 Å². The summed E-state index contributed by atoms with van der Waals surface area (Å²) < 4.78 is 5.34. The summed E-state index contributed by atoms with van der Waals surface area (Å²) in [7, 11) is 0. The van der Waals surface area contributed by atoms with Crippen molar-refractivity contribution in [2.24, 2.45) is 0 Å². The van der Waals surface area contributed by atoms with Gasteiger partial charge in [0, 0.05) is 12.4 Å². The fraction of sp³-hybridized carbons (Fsp3) is 0. The van der Waals surface area contributed by atoms with Gasteiger partial charge in [-0.1, -0.05) is 0 Å². The Labute approximate surface area is 74.6 Å². The molecule has 0 saturated carbocycles. The summed E-state index contributed by atoms with van der Waals surface area (Å²) in [6.45, 7) is 0. The molecule has 0 fully saturated rings. The van der Waals surface area contributed by atoms with Crippen LogP contribution < -0.4 is 10.5 Å². The maximum Gasteiger partial charge on any atom is 0.245 e. The van der Waals surface area contributed by atoms with Crippen LogP contribution in [0.5, 0.6) is 11.6 Å². The molecule has 2 heterocycles. The second-order valence-corrected chi connectivity index (χ2v) is 2.43. The molecule has 2 aromatic heterocycles. The maximum absolute atomic E-state index is 5.58. The van der Waals surface area contributed by atoms with E-state index in [9.17, 15) is 0 Å². The van der Waals surface area contributed by atoms with Crippen molar-refractivity contribution in [1.82, 2.24) is 15.0 Å². The largest absolute Gasteiger partial charge is 0.435 e. The van der Waals surface area contributed by atoms with E-state index in [0.29, 0.717) is 17.3 Å². The van der Waals surface area contributed by atoms with Gasteiger partial charge in [-0.25, -0.2) is 4.98 Å². The zero-order valence-electron chi connectivity index (χ0n) is 6.77. The smallest absolute Gasteiger partial charge is 0.245 e. The lowest BCUT2D eigenvalue weighted by molar-refractivity contribution is 0.465. The number of nitrogens with zero attached hydrogens (tertiary/aromatic N) is 2. The van der Waals surface area contributed by atoms with Crippen molar-refractivity contribution in [3.63, 3.8) is 0 Å². The molecule has 2 aromatic rings. The highest BCUT2D eigenvalue weighted by Gasteiger charge is 2.02. The fourth-order valence-electron chi connectivity index (χ4n) is 0.898. The monoisotopic (exact) mass is 176 g/mol. The first-order valence-corrected chi connectivity index (χ1v) is 3.72. The summed E-state index contributed by atoms with van der Waals surface area (Å²) in [6, 6.07) is 1.78. The maximum atomic E-state index is 5.58. The number of nitrogens with one attached hydrogen (secondary N) is 1. The normalized spacial score (nSPS) is 9.85. The number of hydrogen-bond donors (Lipinski definition) is 2. The molecule has 0 saturated heterocycles. The summed E-state index contributed by atoms with van der Waals surface area (Å²) in [5.74, 6) is 1.04. The molecule has 0 aliphatic carbocycles. The van der Waals surface area contributed by atoms with Crippen LogP contribution in [-0.2, 0) is 0 Å². The predicted molar refractivity (Wildman–Crippen MR) is 47.3 cm³/mol. The minimum absolute atomic E-state index is 0.370. The van der Waals surface area contributed by atoms with Gasteiger partial charge in [0.1, 0.15) is 17.8 Å². The van der Waals surface area contributed by atoms with Crippen molar-refractivity contribution in [2.45, 2.75) is 0 Å². The molecule has 3 N–H and O–H groups in total. The number of aromatic nitrogens is 3. The van der Waals surface area contributed by atoms with E-state index in [1.807, 2.05) is 0 Å². The minimum atomic E-state index is 0.370. The molecular formula is C8H8N4O. The zero-order valence-corrected chi connectivity index (χ0v) is 6.77. The van der Waals surface area contributed by atoms with E-state index in [1.165, 1.54) is 12.5 Å². The predicted octanol–water partition coefficient (Wildman–Crippen LogP) is 1.18. The standard InChI is InChI=1S/C8H8N4O/c9-7-4-11-5-12-8(7)13-6-1-2-10-3-6/h1-5,10H,9H2. The Morgan fingerprint density at radius 2 is 2.38 bits per heavy atom. The lowest BCUT2D eigenvalue weighted by Gasteiger charge is -2.02. The Hall–Kier alpha value is -2.04. The van der Waals surface area contributed by atoms with Gasteiger partial charge in [0.2, 0.25) is 5.88 Å². The van der Waals surface area contributed by atoms with Gasteiger partial charge in [0.15, 0.2) is 0 Å². The first kappa shape index (κ1) is 7.60. The van der Waals surface area contributed by atoms with Crippen molar-refractivity contribution in [3.8, 4) is 11.6 Å². The molecule has 0 bridgehead atoms. The van der Waals surface area contributed by atoms with Gasteiger partial charge >= 0.3 is 0 Å². The summed E-state index contributed by atoms with van der Waals surface area (Å²) in [5.41, 5.74) is 6.00. The summed E-state index contributed by atoms with van der Waals surface area (Å²) in [6.07, 6.45) is 6.35. The molecule has 5 nitrogen and oxygen atoms in total. The van der Waals surface area contributed by atoms with Crippen LogP contribution in [0.2, 0.25) is 0 Å². The number of nitrogens with two attached hydrogens (primary N) is 1. The van der Waals surface area contributed by atoms with Gasteiger partial charge in [0.25, 0.3) is 0 Å². The Bertz CT molecular complexity index is 385. The third kappa shape index (κ3) is 1.58. The minimum Gasteiger partial charge on any atom is -0.435 e. The van der Waals surface area contributed by atoms with Crippen molar-refractivity contribution >= 4 is 5.69 Å². The van der Waals surface area contributed by atoms with Gasteiger partial charge in [-0.05, 0) is 6.07 Å².